The number of nitro benzene ring substituents is 1. The Bertz CT molecular complexity index is 562. The number of carbonyl (C=O) groups excluding carboxylic acids is 1. The zero-order valence-electron chi connectivity index (χ0n) is 11.7. The van der Waals surface area contributed by atoms with Crippen molar-refractivity contribution in [2.24, 2.45) is 0 Å². The fourth-order valence-corrected chi connectivity index (χ4v) is 2.91. The average Bonchev–Trinajstić information content (AvgIpc) is 2.46. The minimum Gasteiger partial charge on any atom is -0.391 e. The first-order valence-corrected chi connectivity index (χ1v) is 7.22. The number of aliphatic hydroxyl groups is 1. The van der Waals surface area contributed by atoms with Crippen LogP contribution < -0.4 is 0 Å². The van der Waals surface area contributed by atoms with Gasteiger partial charge in [0.1, 0.15) is 0 Å². The van der Waals surface area contributed by atoms with Crippen LogP contribution in [0.1, 0.15) is 36.5 Å². The monoisotopic (exact) mass is 312 g/mol. The van der Waals surface area contributed by atoms with Gasteiger partial charge in [-0.25, -0.2) is 0 Å². The van der Waals surface area contributed by atoms with Crippen molar-refractivity contribution in [1.82, 2.24) is 4.90 Å². The molecule has 0 unspecified atom stereocenters. The maximum Gasteiger partial charge on any atom is 0.270 e. The van der Waals surface area contributed by atoms with Gasteiger partial charge in [0, 0.05) is 18.7 Å². The van der Waals surface area contributed by atoms with Crippen LogP contribution in [0.25, 0.3) is 0 Å². The Labute approximate surface area is 127 Å². The Morgan fingerprint density at radius 1 is 1.52 bits per heavy atom. The molecule has 0 aliphatic carbocycles. The van der Waals surface area contributed by atoms with Crippen molar-refractivity contribution < 1.29 is 14.8 Å². The minimum absolute atomic E-state index is 0.0594. The van der Waals surface area contributed by atoms with E-state index in [9.17, 15) is 20.0 Å². The second-order valence-electron chi connectivity index (χ2n) is 5.22. The minimum atomic E-state index is -0.619. The normalized spacial score (nSPS) is 20.1. The first-order valence-electron chi connectivity index (χ1n) is 6.85. The van der Waals surface area contributed by atoms with Crippen LogP contribution in [0.2, 0.25) is 5.02 Å². The van der Waals surface area contributed by atoms with Crippen molar-refractivity contribution in [2.45, 2.75) is 38.3 Å². The largest absolute Gasteiger partial charge is 0.391 e. The Morgan fingerprint density at radius 2 is 2.24 bits per heavy atom. The summed E-state index contributed by atoms with van der Waals surface area (Å²) in [6.45, 7) is 2.22. The highest BCUT2D eigenvalue weighted by Crippen LogP contribution is 2.27. The van der Waals surface area contributed by atoms with Gasteiger partial charge >= 0.3 is 0 Å². The van der Waals surface area contributed by atoms with Gasteiger partial charge in [0.2, 0.25) is 0 Å². The number of benzene rings is 1. The molecular formula is C14H17ClN2O4. The number of aliphatic hydroxyl groups excluding tert-OH is 1. The van der Waals surface area contributed by atoms with E-state index in [0.29, 0.717) is 6.54 Å². The van der Waals surface area contributed by atoms with E-state index in [-0.39, 0.29) is 28.2 Å². The molecule has 0 aromatic heterocycles. The summed E-state index contributed by atoms with van der Waals surface area (Å²) in [4.78, 5) is 24.3. The Hall–Kier alpha value is -1.66. The number of nitro groups is 1. The summed E-state index contributed by atoms with van der Waals surface area (Å²) < 4.78 is 0. The van der Waals surface area contributed by atoms with E-state index in [2.05, 4.69) is 0 Å². The zero-order chi connectivity index (χ0) is 15.6. The van der Waals surface area contributed by atoms with Crippen LogP contribution in [0.5, 0.6) is 0 Å². The Kier molecular flexibility index (Phi) is 4.80. The van der Waals surface area contributed by atoms with Crippen molar-refractivity contribution >= 4 is 23.2 Å². The fourth-order valence-electron chi connectivity index (χ4n) is 2.66. The predicted molar refractivity (Wildman–Crippen MR) is 78.5 cm³/mol. The molecule has 0 radical (unpaired) electrons. The third-order valence-corrected chi connectivity index (χ3v) is 4.07. The molecule has 0 saturated carbocycles. The summed E-state index contributed by atoms with van der Waals surface area (Å²) in [7, 11) is 0. The lowest BCUT2D eigenvalue weighted by Crippen LogP contribution is -2.49. The van der Waals surface area contributed by atoms with Crippen molar-refractivity contribution in [3.63, 3.8) is 0 Å². The summed E-state index contributed by atoms with van der Waals surface area (Å²) in [6, 6.07) is 3.57. The van der Waals surface area contributed by atoms with Crippen LogP contribution in [-0.4, -0.2) is 39.5 Å². The molecule has 114 valence electrons. The molecule has 2 rings (SSSR count). The molecular weight excluding hydrogens is 296 g/mol. The highest BCUT2D eigenvalue weighted by Gasteiger charge is 2.31. The molecule has 1 aromatic rings. The summed E-state index contributed by atoms with van der Waals surface area (Å²) in [5, 5.41) is 20.6. The molecule has 0 spiro atoms. The maximum atomic E-state index is 12.6. The first kappa shape index (κ1) is 15.7. The Morgan fingerprint density at radius 3 is 2.81 bits per heavy atom. The lowest BCUT2D eigenvalue weighted by Gasteiger charge is -2.37. The molecule has 6 nitrogen and oxygen atoms in total. The standard InChI is InChI=1S/C14H17ClN2O4/c1-9(18)13-4-2-3-7-16(13)14(19)11-6-5-10(17(20)21)8-12(11)15/h5-6,8-9,13,18H,2-4,7H2,1H3/t9-,13-/m1/s1. The molecule has 1 saturated heterocycles. The highest BCUT2D eigenvalue weighted by molar-refractivity contribution is 6.34. The number of piperidine rings is 1. The molecule has 1 heterocycles. The van der Waals surface area contributed by atoms with Gasteiger partial charge in [0.15, 0.2) is 0 Å². The van der Waals surface area contributed by atoms with Crippen molar-refractivity contribution in [3.05, 3.63) is 38.9 Å². The molecule has 1 fully saturated rings. The summed E-state index contributed by atoms with van der Waals surface area (Å²) >= 11 is 6.00. The van der Waals surface area contributed by atoms with E-state index in [1.165, 1.54) is 18.2 Å². The number of non-ortho nitro benzene ring substituents is 1. The molecule has 1 aromatic carbocycles. The average molecular weight is 313 g/mol. The number of halogens is 1. The number of hydrogen-bond acceptors (Lipinski definition) is 4. The van der Waals surface area contributed by atoms with Crippen molar-refractivity contribution in [1.29, 1.82) is 0 Å². The molecule has 1 amide bonds. The summed E-state index contributed by atoms with van der Waals surface area (Å²) in [6.07, 6.45) is 1.96. The van der Waals surface area contributed by atoms with Gasteiger partial charge in [0.05, 0.1) is 27.7 Å². The number of hydrogen-bond donors (Lipinski definition) is 1. The Balaban J connectivity index is 2.28. The van der Waals surface area contributed by atoms with Crippen LogP contribution in [-0.2, 0) is 0 Å². The number of amides is 1. The van der Waals surface area contributed by atoms with Gasteiger partial charge in [-0.2, -0.15) is 0 Å². The van der Waals surface area contributed by atoms with Crippen LogP contribution in [0.3, 0.4) is 0 Å². The van der Waals surface area contributed by atoms with Gasteiger partial charge in [-0.15, -0.1) is 0 Å². The van der Waals surface area contributed by atoms with Crippen molar-refractivity contribution in [2.75, 3.05) is 6.54 Å². The quantitative estimate of drug-likeness (QED) is 0.687. The summed E-state index contributed by atoms with van der Waals surface area (Å²) in [5.41, 5.74) is 0.0806. The van der Waals surface area contributed by atoms with E-state index >= 15 is 0 Å². The molecule has 21 heavy (non-hydrogen) atoms. The van der Waals surface area contributed by atoms with Crippen molar-refractivity contribution in [3.8, 4) is 0 Å². The van der Waals surface area contributed by atoms with Crippen LogP contribution in [0.15, 0.2) is 18.2 Å². The summed E-state index contributed by atoms with van der Waals surface area (Å²) in [5.74, 6) is -0.291. The lowest BCUT2D eigenvalue weighted by molar-refractivity contribution is -0.384. The van der Waals surface area contributed by atoms with Gasteiger partial charge < -0.3 is 10.0 Å². The fraction of sp³-hybridized carbons (Fsp3) is 0.500. The number of carbonyl (C=O) groups is 1. The topological polar surface area (TPSA) is 83.7 Å². The van der Waals surface area contributed by atoms with Gasteiger partial charge in [-0.05, 0) is 32.3 Å². The van der Waals surface area contributed by atoms with Crippen LogP contribution in [0.4, 0.5) is 5.69 Å². The third kappa shape index (κ3) is 3.33. The van der Waals surface area contributed by atoms with E-state index in [1.807, 2.05) is 0 Å². The molecule has 1 aliphatic rings. The molecule has 0 bridgehead atoms. The maximum absolute atomic E-state index is 12.6. The van der Waals surface area contributed by atoms with E-state index in [0.717, 1.165) is 19.3 Å². The smallest absolute Gasteiger partial charge is 0.270 e. The lowest BCUT2D eigenvalue weighted by atomic mass is 9.97. The molecule has 2 atom stereocenters. The number of rotatable bonds is 3. The molecule has 7 heteroatoms. The van der Waals surface area contributed by atoms with Gasteiger partial charge in [-0.1, -0.05) is 11.6 Å². The highest BCUT2D eigenvalue weighted by atomic mass is 35.5. The van der Waals surface area contributed by atoms with E-state index < -0.39 is 11.0 Å². The predicted octanol–water partition coefficient (Wildman–Crippen LogP) is 2.62. The SMILES string of the molecule is C[C@@H](O)[C@H]1CCCCN1C(=O)c1ccc([N+](=O)[O-])cc1Cl. The van der Waals surface area contributed by atoms with E-state index in [1.54, 1.807) is 11.8 Å². The van der Waals surface area contributed by atoms with Crippen LogP contribution >= 0.6 is 11.6 Å². The number of likely N-dealkylation sites (tertiary alicyclic amines) is 1. The van der Waals surface area contributed by atoms with Crippen LogP contribution in [0, 0.1) is 10.1 Å². The second-order valence-corrected chi connectivity index (χ2v) is 5.63. The first-order chi connectivity index (χ1) is 9.91. The number of nitrogens with zero attached hydrogens (tertiary/aromatic N) is 2. The zero-order valence-corrected chi connectivity index (χ0v) is 12.4. The second kappa shape index (κ2) is 6.41. The van der Waals surface area contributed by atoms with E-state index in [4.69, 9.17) is 11.6 Å². The van der Waals surface area contributed by atoms with Gasteiger partial charge in [0.25, 0.3) is 11.6 Å². The third-order valence-electron chi connectivity index (χ3n) is 3.76. The van der Waals surface area contributed by atoms with Gasteiger partial charge in [-0.3, -0.25) is 14.9 Å². The molecule has 1 aliphatic heterocycles. The molecule has 1 N–H and O–H groups in total.